The van der Waals surface area contributed by atoms with Gasteiger partial charge in [-0.05, 0) is 60.2 Å². The van der Waals surface area contributed by atoms with E-state index in [4.69, 9.17) is 16.3 Å². The molecule has 1 N–H and O–H groups in total. The molecular weight excluding hydrogens is 430 g/mol. The van der Waals surface area contributed by atoms with Crippen molar-refractivity contribution in [2.45, 2.75) is 6.54 Å². The third kappa shape index (κ3) is 3.90. The molecule has 1 amide bonds. The van der Waals surface area contributed by atoms with Gasteiger partial charge in [0.1, 0.15) is 0 Å². The summed E-state index contributed by atoms with van der Waals surface area (Å²) in [4.78, 5) is 37.2. The van der Waals surface area contributed by atoms with Crippen LogP contribution in [0.2, 0.25) is 5.02 Å². The number of fused-ring (bicyclic) bond motifs is 1. The van der Waals surface area contributed by atoms with Crippen LogP contribution in [-0.4, -0.2) is 35.2 Å². The van der Waals surface area contributed by atoms with Crippen molar-refractivity contribution in [1.82, 2.24) is 14.5 Å². The zero-order valence-corrected chi connectivity index (χ0v) is 18.2. The number of imidazole rings is 1. The van der Waals surface area contributed by atoms with Gasteiger partial charge in [0, 0.05) is 17.6 Å². The highest BCUT2D eigenvalue weighted by Crippen LogP contribution is 2.23. The first-order valence-corrected chi connectivity index (χ1v) is 10.2. The first-order valence-electron chi connectivity index (χ1n) is 9.83. The van der Waals surface area contributed by atoms with Crippen molar-refractivity contribution >= 4 is 34.5 Å². The Balaban J connectivity index is 1.84. The molecule has 0 saturated carbocycles. The molecule has 4 rings (SSSR count). The molecular formula is C24H20ClN3O4. The minimum absolute atomic E-state index is 0.208. The van der Waals surface area contributed by atoms with Gasteiger partial charge in [-0.15, -0.1) is 0 Å². The van der Waals surface area contributed by atoms with Gasteiger partial charge < -0.3 is 10.1 Å². The maximum absolute atomic E-state index is 13.5. The smallest absolute Gasteiger partial charge is 0.337 e. The lowest BCUT2D eigenvalue weighted by Crippen LogP contribution is -2.24. The molecule has 0 fully saturated rings. The Labute approximate surface area is 188 Å². The Kier molecular flexibility index (Phi) is 5.83. The number of hydrogen-bond acceptors (Lipinski definition) is 4. The molecule has 0 saturated heterocycles. The standard InChI is InChI=1S/C24H20ClN3O4/c1-26-22(29)16-6-9-19(10-7-16)28-21-13-18(25)8-11-20(21)27(24(28)31)14-15-4-3-5-17(12-15)23(30)32-2/h3-13H,14H2,1-2H3,(H,26,29). The average molecular weight is 450 g/mol. The molecule has 1 aromatic heterocycles. The highest BCUT2D eigenvalue weighted by atomic mass is 35.5. The maximum Gasteiger partial charge on any atom is 0.337 e. The van der Waals surface area contributed by atoms with Crippen LogP contribution in [0, 0.1) is 0 Å². The normalized spacial score (nSPS) is 10.8. The summed E-state index contributed by atoms with van der Waals surface area (Å²) in [6.45, 7) is 0.255. The molecule has 1 heterocycles. The summed E-state index contributed by atoms with van der Waals surface area (Å²) in [5, 5.41) is 3.07. The van der Waals surface area contributed by atoms with Gasteiger partial charge in [0.25, 0.3) is 5.91 Å². The number of hydrogen-bond donors (Lipinski definition) is 1. The van der Waals surface area contributed by atoms with Crippen LogP contribution < -0.4 is 11.0 Å². The quantitative estimate of drug-likeness (QED) is 0.471. The lowest BCUT2D eigenvalue weighted by atomic mass is 10.1. The predicted octanol–water partition coefficient (Wildman–Crippen LogP) is 3.64. The van der Waals surface area contributed by atoms with Crippen molar-refractivity contribution in [2.24, 2.45) is 0 Å². The number of aromatic nitrogens is 2. The minimum Gasteiger partial charge on any atom is -0.465 e. The third-order valence-corrected chi connectivity index (χ3v) is 5.43. The molecule has 0 bridgehead atoms. The van der Waals surface area contributed by atoms with Crippen molar-refractivity contribution in [3.05, 3.63) is 98.9 Å². The van der Waals surface area contributed by atoms with Crippen LogP contribution in [0.4, 0.5) is 0 Å². The molecule has 0 atom stereocenters. The van der Waals surface area contributed by atoms with Gasteiger partial charge in [0.05, 0.1) is 35.9 Å². The first-order chi connectivity index (χ1) is 15.4. The second-order valence-electron chi connectivity index (χ2n) is 7.16. The molecule has 0 unspecified atom stereocenters. The van der Waals surface area contributed by atoms with Crippen LogP contribution in [-0.2, 0) is 11.3 Å². The molecule has 0 aliphatic carbocycles. The molecule has 8 heteroatoms. The molecule has 32 heavy (non-hydrogen) atoms. The number of nitrogens with one attached hydrogen (secondary N) is 1. The van der Waals surface area contributed by atoms with Crippen molar-refractivity contribution in [3.8, 4) is 5.69 Å². The largest absolute Gasteiger partial charge is 0.465 e. The zero-order valence-electron chi connectivity index (χ0n) is 17.5. The number of nitrogens with zero attached hydrogens (tertiary/aromatic N) is 2. The monoisotopic (exact) mass is 449 g/mol. The van der Waals surface area contributed by atoms with Crippen LogP contribution in [0.15, 0.2) is 71.5 Å². The number of amides is 1. The summed E-state index contributed by atoms with van der Waals surface area (Å²) in [6, 6.07) is 19.0. The SMILES string of the molecule is CNC(=O)c1ccc(-n2c(=O)n(Cc3cccc(C(=O)OC)c3)c3ccc(Cl)cc32)cc1. The summed E-state index contributed by atoms with van der Waals surface area (Å²) < 4.78 is 7.96. The highest BCUT2D eigenvalue weighted by Gasteiger charge is 2.17. The molecule has 3 aromatic carbocycles. The van der Waals surface area contributed by atoms with E-state index >= 15 is 0 Å². The highest BCUT2D eigenvalue weighted by molar-refractivity contribution is 6.31. The molecule has 0 aliphatic rings. The topological polar surface area (TPSA) is 82.3 Å². The van der Waals surface area contributed by atoms with E-state index in [9.17, 15) is 14.4 Å². The number of carbonyl (C=O) groups is 2. The molecule has 4 aromatic rings. The second-order valence-corrected chi connectivity index (χ2v) is 7.59. The van der Waals surface area contributed by atoms with Crippen molar-refractivity contribution in [2.75, 3.05) is 14.2 Å². The number of benzene rings is 3. The van der Waals surface area contributed by atoms with Crippen LogP contribution in [0.5, 0.6) is 0 Å². The van der Waals surface area contributed by atoms with E-state index in [1.165, 1.54) is 7.11 Å². The molecule has 0 radical (unpaired) electrons. The predicted molar refractivity (Wildman–Crippen MR) is 123 cm³/mol. The molecule has 7 nitrogen and oxygen atoms in total. The van der Waals surface area contributed by atoms with Gasteiger partial charge in [0.15, 0.2) is 0 Å². The van der Waals surface area contributed by atoms with Crippen molar-refractivity contribution in [3.63, 3.8) is 0 Å². The van der Waals surface area contributed by atoms with E-state index in [1.54, 1.807) is 76.8 Å². The number of halogens is 1. The lowest BCUT2D eigenvalue weighted by Gasteiger charge is -2.06. The average Bonchev–Trinajstić information content (AvgIpc) is 3.08. The Morgan fingerprint density at radius 2 is 1.72 bits per heavy atom. The van der Waals surface area contributed by atoms with E-state index in [0.717, 1.165) is 5.56 Å². The minimum atomic E-state index is -0.440. The second kappa shape index (κ2) is 8.72. The number of ether oxygens (including phenoxy) is 1. The Hall–Kier alpha value is -3.84. The van der Waals surface area contributed by atoms with Gasteiger partial charge >= 0.3 is 11.7 Å². The van der Waals surface area contributed by atoms with Crippen LogP contribution in [0.3, 0.4) is 0 Å². The number of carbonyl (C=O) groups excluding carboxylic acids is 2. The van der Waals surface area contributed by atoms with Gasteiger partial charge in [-0.2, -0.15) is 0 Å². The van der Waals surface area contributed by atoms with E-state index in [-0.39, 0.29) is 18.1 Å². The summed E-state index contributed by atoms with van der Waals surface area (Å²) in [6.07, 6.45) is 0. The summed E-state index contributed by atoms with van der Waals surface area (Å²) in [7, 11) is 2.89. The summed E-state index contributed by atoms with van der Waals surface area (Å²) in [5.41, 5.74) is 3.35. The van der Waals surface area contributed by atoms with E-state index in [1.807, 2.05) is 6.07 Å². The van der Waals surface area contributed by atoms with Gasteiger partial charge in [-0.25, -0.2) is 9.59 Å². The molecule has 0 aliphatic heterocycles. The fourth-order valence-corrected chi connectivity index (χ4v) is 3.80. The Morgan fingerprint density at radius 1 is 0.969 bits per heavy atom. The summed E-state index contributed by atoms with van der Waals surface area (Å²) >= 11 is 6.23. The van der Waals surface area contributed by atoms with E-state index in [2.05, 4.69) is 5.32 Å². The van der Waals surface area contributed by atoms with Gasteiger partial charge in [-0.3, -0.25) is 13.9 Å². The molecule has 162 valence electrons. The summed E-state index contributed by atoms with van der Waals surface area (Å²) in [5.74, 6) is -0.649. The maximum atomic E-state index is 13.5. The van der Waals surface area contributed by atoms with E-state index in [0.29, 0.717) is 32.9 Å². The fraction of sp³-hybridized carbons (Fsp3) is 0.125. The van der Waals surface area contributed by atoms with E-state index < -0.39 is 5.97 Å². The van der Waals surface area contributed by atoms with Crippen molar-refractivity contribution in [1.29, 1.82) is 0 Å². The third-order valence-electron chi connectivity index (χ3n) is 5.19. The van der Waals surface area contributed by atoms with Crippen LogP contribution in [0.25, 0.3) is 16.7 Å². The lowest BCUT2D eigenvalue weighted by molar-refractivity contribution is 0.0600. The zero-order chi connectivity index (χ0) is 22.8. The fourth-order valence-electron chi connectivity index (χ4n) is 3.64. The number of esters is 1. The number of rotatable bonds is 5. The number of methoxy groups -OCH3 is 1. The van der Waals surface area contributed by atoms with Gasteiger partial charge in [-0.1, -0.05) is 23.7 Å². The van der Waals surface area contributed by atoms with Crippen molar-refractivity contribution < 1.29 is 14.3 Å². The Morgan fingerprint density at radius 3 is 2.41 bits per heavy atom. The van der Waals surface area contributed by atoms with Crippen LogP contribution >= 0.6 is 11.6 Å². The van der Waals surface area contributed by atoms with Gasteiger partial charge in [0.2, 0.25) is 0 Å². The van der Waals surface area contributed by atoms with Crippen LogP contribution in [0.1, 0.15) is 26.3 Å². The first kappa shape index (κ1) is 21.4. The Bertz CT molecular complexity index is 1390. The molecule has 0 spiro atoms.